The van der Waals surface area contributed by atoms with E-state index in [1.165, 1.54) is 6.26 Å². The lowest BCUT2D eigenvalue weighted by molar-refractivity contribution is 0.167. The number of hydroxylamine groups is 1. The Morgan fingerprint density at radius 2 is 2.12 bits per heavy atom. The fraction of sp³-hybridized carbons (Fsp3) is 0.250. The second-order valence-corrected chi connectivity index (χ2v) is 3.74. The molecule has 1 aliphatic rings. The summed E-state index contributed by atoms with van der Waals surface area (Å²) in [5.74, 6) is 0. The van der Waals surface area contributed by atoms with Crippen LogP contribution in [0.2, 0.25) is 0 Å². The van der Waals surface area contributed by atoms with E-state index in [0.29, 0.717) is 23.3 Å². The predicted molar refractivity (Wildman–Crippen MR) is 60.4 cm³/mol. The summed E-state index contributed by atoms with van der Waals surface area (Å²) in [6, 6.07) is 7.22. The third-order valence-corrected chi connectivity index (χ3v) is 2.68. The molecule has 0 bridgehead atoms. The summed E-state index contributed by atoms with van der Waals surface area (Å²) in [4.78, 5) is 17.5. The predicted octanol–water partition coefficient (Wildman–Crippen LogP) is 1.93. The van der Waals surface area contributed by atoms with Gasteiger partial charge in [-0.3, -0.25) is 9.63 Å². The van der Waals surface area contributed by atoms with E-state index in [4.69, 9.17) is 9.25 Å². The Balaban J connectivity index is 2.19. The number of fused-ring (bicyclic) bond motifs is 1. The van der Waals surface area contributed by atoms with Crippen LogP contribution in [0.5, 0.6) is 0 Å². The highest BCUT2D eigenvalue weighted by Gasteiger charge is 2.18. The number of nitrogens with zero attached hydrogens (tertiary/aromatic N) is 1. The maximum Gasteiger partial charge on any atom is 0.218 e. The van der Waals surface area contributed by atoms with Crippen LogP contribution in [0.3, 0.4) is 0 Å². The van der Waals surface area contributed by atoms with E-state index in [9.17, 15) is 4.79 Å². The van der Waals surface area contributed by atoms with Crippen LogP contribution in [0.4, 0.5) is 5.69 Å². The fourth-order valence-corrected chi connectivity index (χ4v) is 1.88. The minimum Gasteiger partial charge on any atom is -0.462 e. The first-order valence-electron chi connectivity index (χ1n) is 5.27. The van der Waals surface area contributed by atoms with E-state index < -0.39 is 0 Å². The molecule has 0 N–H and O–H groups in total. The van der Waals surface area contributed by atoms with E-state index in [1.54, 1.807) is 17.2 Å². The van der Waals surface area contributed by atoms with Gasteiger partial charge < -0.3 is 4.42 Å². The molecule has 0 aliphatic carbocycles. The normalized spacial score (nSPS) is 15.9. The summed E-state index contributed by atoms with van der Waals surface area (Å²) < 4.78 is 5.41. The van der Waals surface area contributed by atoms with Crippen LogP contribution in [0.25, 0.3) is 11.0 Å². The van der Waals surface area contributed by atoms with E-state index in [2.05, 4.69) is 0 Å². The highest BCUT2D eigenvalue weighted by atomic mass is 16.7. The average Bonchev–Trinajstić information content (AvgIpc) is 2.83. The number of rotatable bonds is 1. The first-order chi connectivity index (χ1) is 7.86. The largest absolute Gasteiger partial charge is 0.462 e. The van der Waals surface area contributed by atoms with Crippen LogP contribution >= 0.6 is 0 Å². The summed E-state index contributed by atoms with van der Waals surface area (Å²) in [5.41, 5.74) is 1.05. The van der Waals surface area contributed by atoms with Crippen molar-refractivity contribution < 1.29 is 9.25 Å². The lowest BCUT2D eigenvalue weighted by Crippen LogP contribution is -2.23. The number of para-hydroxylation sites is 1. The molecule has 3 rings (SSSR count). The van der Waals surface area contributed by atoms with Crippen molar-refractivity contribution >= 4 is 16.7 Å². The summed E-state index contributed by atoms with van der Waals surface area (Å²) in [6.07, 6.45) is 2.41. The van der Waals surface area contributed by atoms with Gasteiger partial charge in [-0.05, 0) is 18.6 Å². The number of hydrogen-bond donors (Lipinski definition) is 0. The van der Waals surface area contributed by atoms with Crippen molar-refractivity contribution in [3.05, 3.63) is 40.8 Å². The minimum atomic E-state index is -0.0382. The maximum atomic E-state index is 12.1. The number of benzene rings is 1. The van der Waals surface area contributed by atoms with Crippen molar-refractivity contribution in [3.63, 3.8) is 0 Å². The van der Waals surface area contributed by atoms with Gasteiger partial charge in [-0.1, -0.05) is 12.1 Å². The Labute approximate surface area is 92.0 Å². The van der Waals surface area contributed by atoms with Gasteiger partial charge in [0.1, 0.15) is 17.5 Å². The SMILES string of the molecule is O=c1c(N2CCCO2)coc2ccccc12. The Hall–Kier alpha value is -1.81. The molecule has 4 heteroatoms. The molecule has 1 aliphatic heterocycles. The fourth-order valence-electron chi connectivity index (χ4n) is 1.88. The number of hydrogen-bond acceptors (Lipinski definition) is 4. The third-order valence-electron chi connectivity index (χ3n) is 2.68. The first kappa shape index (κ1) is 9.42. The van der Waals surface area contributed by atoms with Crippen LogP contribution in [0.1, 0.15) is 6.42 Å². The molecule has 1 saturated heterocycles. The zero-order valence-corrected chi connectivity index (χ0v) is 8.68. The van der Waals surface area contributed by atoms with E-state index in [1.807, 2.05) is 12.1 Å². The van der Waals surface area contributed by atoms with Gasteiger partial charge in [0.2, 0.25) is 5.43 Å². The molecule has 0 unspecified atom stereocenters. The van der Waals surface area contributed by atoms with Crippen molar-refractivity contribution in [2.24, 2.45) is 0 Å². The van der Waals surface area contributed by atoms with Crippen molar-refractivity contribution in [2.45, 2.75) is 6.42 Å². The van der Waals surface area contributed by atoms with Crippen molar-refractivity contribution in [3.8, 4) is 0 Å². The Morgan fingerprint density at radius 3 is 2.94 bits per heavy atom. The van der Waals surface area contributed by atoms with Gasteiger partial charge in [-0.25, -0.2) is 5.06 Å². The quantitative estimate of drug-likeness (QED) is 0.732. The second-order valence-electron chi connectivity index (χ2n) is 3.74. The highest BCUT2D eigenvalue weighted by molar-refractivity contribution is 5.79. The summed E-state index contributed by atoms with van der Waals surface area (Å²) in [6.45, 7) is 1.40. The summed E-state index contributed by atoms with van der Waals surface area (Å²) in [7, 11) is 0. The topological polar surface area (TPSA) is 42.7 Å². The van der Waals surface area contributed by atoms with Gasteiger partial charge in [0.25, 0.3) is 0 Å². The smallest absolute Gasteiger partial charge is 0.218 e. The molecule has 0 amide bonds. The van der Waals surface area contributed by atoms with Crippen LogP contribution in [0, 0.1) is 0 Å². The van der Waals surface area contributed by atoms with Gasteiger partial charge in [0.15, 0.2) is 0 Å². The first-order valence-corrected chi connectivity index (χ1v) is 5.27. The molecule has 0 radical (unpaired) electrons. The van der Waals surface area contributed by atoms with Crippen molar-refractivity contribution in [1.29, 1.82) is 0 Å². The van der Waals surface area contributed by atoms with Gasteiger partial charge in [-0.15, -0.1) is 0 Å². The highest BCUT2D eigenvalue weighted by Crippen LogP contribution is 2.19. The molecule has 4 nitrogen and oxygen atoms in total. The molecule has 16 heavy (non-hydrogen) atoms. The molecular formula is C12H11NO3. The van der Waals surface area contributed by atoms with Gasteiger partial charge in [0, 0.05) is 6.54 Å². The lowest BCUT2D eigenvalue weighted by Gasteiger charge is -2.14. The molecule has 1 aromatic carbocycles. The van der Waals surface area contributed by atoms with Crippen molar-refractivity contribution in [1.82, 2.24) is 0 Å². The Bertz CT molecular complexity index is 570. The maximum absolute atomic E-state index is 12.1. The molecule has 0 saturated carbocycles. The van der Waals surface area contributed by atoms with E-state index in [0.717, 1.165) is 13.0 Å². The van der Waals surface area contributed by atoms with E-state index >= 15 is 0 Å². The lowest BCUT2D eigenvalue weighted by atomic mass is 10.2. The third kappa shape index (κ3) is 1.39. The van der Waals surface area contributed by atoms with Crippen LogP contribution in [-0.4, -0.2) is 13.2 Å². The molecule has 0 atom stereocenters. The average molecular weight is 217 g/mol. The minimum absolute atomic E-state index is 0.0382. The van der Waals surface area contributed by atoms with Gasteiger partial charge in [-0.2, -0.15) is 0 Å². The molecular weight excluding hydrogens is 206 g/mol. The van der Waals surface area contributed by atoms with Crippen LogP contribution < -0.4 is 10.5 Å². The monoisotopic (exact) mass is 217 g/mol. The van der Waals surface area contributed by atoms with Crippen LogP contribution in [-0.2, 0) is 4.84 Å². The molecule has 1 aromatic heterocycles. The second kappa shape index (κ2) is 3.64. The Kier molecular flexibility index (Phi) is 2.15. The molecule has 1 fully saturated rings. The molecule has 0 spiro atoms. The zero-order valence-electron chi connectivity index (χ0n) is 8.68. The van der Waals surface area contributed by atoms with E-state index in [-0.39, 0.29) is 5.43 Å². The van der Waals surface area contributed by atoms with Crippen molar-refractivity contribution in [2.75, 3.05) is 18.2 Å². The summed E-state index contributed by atoms with van der Waals surface area (Å²) in [5, 5.41) is 2.20. The molecule has 82 valence electrons. The zero-order chi connectivity index (χ0) is 11.0. The molecule has 2 heterocycles. The van der Waals surface area contributed by atoms with Crippen LogP contribution in [0.15, 0.2) is 39.7 Å². The number of anilines is 1. The molecule has 2 aromatic rings. The Morgan fingerprint density at radius 1 is 1.25 bits per heavy atom. The standard InChI is InChI=1S/C12H11NO3/c14-12-9-4-1-2-5-11(9)15-8-10(12)13-6-3-7-16-13/h1-2,4-5,8H,3,6-7H2. The van der Waals surface area contributed by atoms with Gasteiger partial charge >= 0.3 is 0 Å². The summed E-state index contributed by atoms with van der Waals surface area (Å²) >= 11 is 0. The van der Waals surface area contributed by atoms with Gasteiger partial charge in [0.05, 0.1) is 12.0 Å².